The summed E-state index contributed by atoms with van der Waals surface area (Å²) < 4.78 is 0.209. The molecule has 0 atom stereocenters. The molecule has 5 heteroatoms. The van der Waals surface area contributed by atoms with Gasteiger partial charge in [-0.3, -0.25) is 15.0 Å². The maximum absolute atomic E-state index is 10.6. The molecular weight excluding hydrogens is 200 g/mol. The van der Waals surface area contributed by atoms with E-state index in [0.29, 0.717) is 6.29 Å². The first-order valence-corrected chi connectivity index (χ1v) is 3.29. The first kappa shape index (κ1) is 9.32. The molecule has 0 saturated heterocycles. The Morgan fingerprint density at radius 1 is 1.60 bits per heavy atom. The van der Waals surface area contributed by atoms with Gasteiger partial charge in [-0.2, -0.15) is 0 Å². The fourth-order valence-corrected chi connectivity index (χ4v) is 0.526. The van der Waals surface area contributed by atoms with Gasteiger partial charge in [-0.1, -0.05) is 0 Å². The van der Waals surface area contributed by atoms with Crippen molar-refractivity contribution in [2.45, 2.75) is 0 Å². The summed E-state index contributed by atoms with van der Waals surface area (Å²) in [5.41, 5.74) is 4.67. The fourth-order valence-electron chi connectivity index (χ4n) is 0.319. The third-order valence-electron chi connectivity index (χ3n) is 0.630. The third-order valence-corrected chi connectivity index (χ3v) is 1.05. The minimum atomic E-state index is -0.374. The average Bonchev–Trinajstić information content (AvgIpc) is 1.88. The molecule has 1 amide bonds. The van der Waals surface area contributed by atoms with Gasteiger partial charge >= 0.3 is 0 Å². The van der Waals surface area contributed by atoms with Crippen molar-refractivity contribution in [3.05, 3.63) is 10.6 Å². The van der Waals surface area contributed by atoms with Crippen LogP contribution in [0.15, 0.2) is 10.6 Å². The minimum Gasteiger partial charge on any atom is -0.297 e. The Labute approximate surface area is 66.8 Å². The van der Waals surface area contributed by atoms with Crippen molar-refractivity contribution < 1.29 is 9.59 Å². The lowest BCUT2D eigenvalue weighted by Gasteiger charge is -1.95. The molecule has 0 heterocycles. The van der Waals surface area contributed by atoms with Crippen LogP contribution < -0.4 is 10.9 Å². The molecule has 0 aromatic rings. The molecule has 2 N–H and O–H groups in total. The van der Waals surface area contributed by atoms with Crippen LogP contribution in [0, 0.1) is 0 Å². The summed E-state index contributed by atoms with van der Waals surface area (Å²) in [5, 5.41) is 0. The van der Waals surface area contributed by atoms with Crippen LogP contribution in [0.1, 0.15) is 0 Å². The van der Waals surface area contributed by atoms with E-state index in [-0.39, 0.29) is 10.4 Å². The van der Waals surface area contributed by atoms with Gasteiger partial charge in [-0.15, -0.1) is 0 Å². The summed E-state index contributed by atoms with van der Waals surface area (Å²) >= 11 is 2.85. The number of hydrazine groups is 1. The third kappa shape index (κ3) is 4.22. The summed E-state index contributed by atoms with van der Waals surface area (Å²) in [6.45, 7) is 0. The number of halogens is 1. The zero-order valence-electron chi connectivity index (χ0n) is 5.35. The Bertz CT molecular complexity index is 167. The largest absolute Gasteiger partial charge is 0.297 e. The molecule has 0 aliphatic carbocycles. The molecule has 0 aliphatic heterocycles. The highest BCUT2D eigenvalue weighted by Gasteiger charge is 1.94. The molecule has 0 fully saturated rings. The number of carbonyl (C=O) groups is 2. The molecule has 0 rings (SSSR count). The highest BCUT2D eigenvalue weighted by Crippen LogP contribution is 1.97. The van der Waals surface area contributed by atoms with Gasteiger partial charge < -0.3 is 0 Å². The van der Waals surface area contributed by atoms with Crippen LogP contribution in [0.25, 0.3) is 0 Å². The van der Waals surface area contributed by atoms with Gasteiger partial charge in [0.15, 0.2) is 6.29 Å². The second-order valence-corrected chi connectivity index (χ2v) is 2.30. The quantitative estimate of drug-likeness (QED) is 0.380. The Kier molecular flexibility index (Phi) is 4.78. The van der Waals surface area contributed by atoms with Crippen molar-refractivity contribution in [3.63, 3.8) is 0 Å². The molecule has 10 heavy (non-hydrogen) atoms. The molecule has 0 aromatic heterocycles. The number of carbonyl (C=O) groups excluding carboxylic acids is 2. The topological polar surface area (TPSA) is 58.2 Å². The minimum absolute atomic E-state index is 0.209. The Morgan fingerprint density at radius 2 is 2.20 bits per heavy atom. The monoisotopic (exact) mass is 206 g/mol. The van der Waals surface area contributed by atoms with E-state index >= 15 is 0 Å². The lowest BCUT2D eigenvalue weighted by molar-refractivity contribution is -0.117. The van der Waals surface area contributed by atoms with E-state index in [1.54, 1.807) is 7.05 Å². The normalized spacial score (nSPS) is 10.8. The number of amides is 1. The smallest absolute Gasteiger partial charge is 0.259 e. The van der Waals surface area contributed by atoms with Crippen LogP contribution >= 0.6 is 15.9 Å². The second-order valence-electron chi connectivity index (χ2n) is 1.39. The average molecular weight is 207 g/mol. The van der Waals surface area contributed by atoms with E-state index in [9.17, 15) is 9.59 Å². The van der Waals surface area contributed by atoms with Crippen molar-refractivity contribution in [2.24, 2.45) is 0 Å². The SMILES string of the molecule is CNNC(=O)/C=C(/Br)C=O. The Hall–Kier alpha value is -0.680. The van der Waals surface area contributed by atoms with Gasteiger partial charge in [-0.25, -0.2) is 5.43 Å². The van der Waals surface area contributed by atoms with Gasteiger partial charge in [0.2, 0.25) is 0 Å². The van der Waals surface area contributed by atoms with E-state index in [4.69, 9.17) is 0 Å². The van der Waals surface area contributed by atoms with Crippen molar-refractivity contribution in [1.29, 1.82) is 0 Å². The maximum atomic E-state index is 10.6. The van der Waals surface area contributed by atoms with E-state index in [2.05, 4.69) is 26.8 Å². The van der Waals surface area contributed by atoms with Crippen LogP contribution in [-0.2, 0) is 9.59 Å². The van der Waals surface area contributed by atoms with Gasteiger partial charge in [0, 0.05) is 13.1 Å². The van der Waals surface area contributed by atoms with Crippen LogP contribution in [0.3, 0.4) is 0 Å². The van der Waals surface area contributed by atoms with Gasteiger partial charge in [0.1, 0.15) is 0 Å². The molecule has 0 saturated carbocycles. The molecular formula is C5H7BrN2O2. The van der Waals surface area contributed by atoms with Crippen LogP contribution in [0.5, 0.6) is 0 Å². The predicted octanol–water partition coefficient (Wildman–Crippen LogP) is -0.285. The van der Waals surface area contributed by atoms with Crippen molar-refractivity contribution >= 4 is 28.1 Å². The molecule has 0 radical (unpaired) electrons. The Balaban J connectivity index is 3.86. The molecule has 0 unspecified atom stereocenters. The van der Waals surface area contributed by atoms with E-state index in [1.807, 2.05) is 0 Å². The highest BCUT2D eigenvalue weighted by atomic mass is 79.9. The van der Waals surface area contributed by atoms with Crippen molar-refractivity contribution in [1.82, 2.24) is 10.9 Å². The molecule has 0 bridgehead atoms. The van der Waals surface area contributed by atoms with Gasteiger partial charge in [-0.05, 0) is 15.9 Å². The molecule has 0 aliphatic rings. The summed E-state index contributed by atoms with van der Waals surface area (Å²) in [6.07, 6.45) is 1.67. The van der Waals surface area contributed by atoms with Crippen LogP contribution in [0.4, 0.5) is 0 Å². The van der Waals surface area contributed by atoms with E-state index in [0.717, 1.165) is 6.08 Å². The maximum Gasteiger partial charge on any atom is 0.259 e. The molecule has 56 valence electrons. The molecule has 4 nitrogen and oxygen atoms in total. The van der Waals surface area contributed by atoms with E-state index < -0.39 is 0 Å². The fraction of sp³-hybridized carbons (Fsp3) is 0.200. The number of allylic oxidation sites excluding steroid dienone is 1. The Morgan fingerprint density at radius 3 is 2.60 bits per heavy atom. The zero-order chi connectivity index (χ0) is 7.98. The summed E-state index contributed by atoms with van der Waals surface area (Å²) in [4.78, 5) is 20.5. The lowest BCUT2D eigenvalue weighted by Crippen LogP contribution is -2.32. The van der Waals surface area contributed by atoms with Crippen LogP contribution in [0.2, 0.25) is 0 Å². The van der Waals surface area contributed by atoms with E-state index in [1.165, 1.54) is 0 Å². The first-order chi connectivity index (χ1) is 4.70. The van der Waals surface area contributed by atoms with Crippen LogP contribution in [-0.4, -0.2) is 19.2 Å². The second kappa shape index (κ2) is 5.13. The number of aldehydes is 1. The summed E-state index contributed by atoms with van der Waals surface area (Å²) in [6, 6.07) is 0. The summed E-state index contributed by atoms with van der Waals surface area (Å²) in [5.74, 6) is -0.374. The van der Waals surface area contributed by atoms with Gasteiger partial charge in [0.25, 0.3) is 5.91 Å². The highest BCUT2D eigenvalue weighted by molar-refractivity contribution is 9.12. The van der Waals surface area contributed by atoms with Gasteiger partial charge in [0.05, 0.1) is 4.48 Å². The summed E-state index contributed by atoms with van der Waals surface area (Å²) in [7, 11) is 1.56. The molecule has 0 aromatic carbocycles. The lowest BCUT2D eigenvalue weighted by atomic mass is 10.5. The number of rotatable bonds is 3. The van der Waals surface area contributed by atoms with Crippen molar-refractivity contribution in [3.8, 4) is 0 Å². The molecule has 0 spiro atoms. The number of hydrogen-bond donors (Lipinski definition) is 2. The first-order valence-electron chi connectivity index (χ1n) is 2.49. The number of nitrogens with one attached hydrogen (secondary N) is 2. The standard InChI is InChI=1S/C5H7BrN2O2/c1-7-8-5(10)2-4(6)3-9/h2-3,7H,1H3,(H,8,10)/b4-2+. The van der Waals surface area contributed by atoms with Crippen molar-refractivity contribution in [2.75, 3.05) is 7.05 Å². The number of hydrogen-bond acceptors (Lipinski definition) is 3. The predicted molar refractivity (Wildman–Crippen MR) is 40.3 cm³/mol. The zero-order valence-corrected chi connectivity index (χ0v) is 6.94.